The first-order chi connectivity index (χ1) is 10.2. The van der Waals surface area contributed by atoms with Crippen LogP contribution in [-0.4, -0.2) is 37.2 Å². The normalized spacial score (nSPS) is 22.4. The van der Waals surface area contributed by atoms with Crippen LogP contribution in [0.2, 0.25) is 0 Å². The van der Waals surface area contributed by atoms with Crippen LogP contribution in [0.25, 0.3) is 0 Å². The van der Waals surface area contributed by atoms with Gasteiger partial charge in [-0.2, -0.15) is 0 Å². The van der Waals surface area contributed by atoms with Crippen molar-refractivity contribution in [1.29, 1.82) is 0 Å². The number of ether oxygens (including phenoxy) is 1. The van der Waals surface area contributed by atoms with Crippen molar-refractivity contribution in [1.82, 2.24) is 10.2 Å². The van der Waals surface area contributed by atoms with Crippen LogP contribution in [-0.2, 0) is 6.54 Å². The number of hydrogen-bond donors (Lipinski definition) is 1. The Morgan fingerprint density at radius 3 is 2.81 bits per heavy atom. The van der Waals surface area contributed by atoms with E-state index in [1.807, 2.05) is 12.1 Å². The van der Waals surface area contributed by atoms with E-state index in [2.05, 4.69) is 10.2 Å². The molecule has 1 N–H and O–H groups in total. The van der Waals surface area contributed by atoms with Gasteiger partial charge in [0.25, 0.3) is 0 Å². The van der Waals surface area contributed by atoms with Crippen LogP contribution >= 0.6 is 0 Å². The van der Waals surface area contributed by atoms with Crippen molar-refractivity contribution in [2.45, 2.75) is 44.2 Å². The van der Waals surface area contributed by atoms with Crippen LogP contribution in [0.5, 0.6) is 5.75 Å². The molecule has 116 valence electrons. The van der Waals surface area contributed by atoms with Crippen LogP contribution in [0.15, 0.2) is 18.2 Å². The molecule has 21 heavy (non-hydrogen) atoms. The fourth-order valence-electron chi connectivity index (χ4n) is 3.76. The SMILES string of the molecule is COc1ccc(CN2CCCNC3(CCCC3)C2)c(F)c1. The zero-order chi connectivity index (χ0) is 14.7. The van der Waals surface area contributed by atoms with Crippen molar-refractivity contribution in [3.05, 3.63) is 29.6 Å². The van der Waals surface area contributed by atoms with Gasteiger partial charge in [0.2, 0.25) is 0 Å². The third-order valence-electron chi connectivity index (χ3n) is 4.89. The van der Waals surface area contributed by atoms with Gasteiger partial charge in [0, 0.05) is 30.3 Å². The van der Waals surface area contributed by atoms with Gasteiger partial charge in [0.15, 0.2) is 0 Å². The van der Waals surface area contributed by atoms with E-state index in [0.29, 0.717) is 12.3 Å². The highest BCUT2D eigenvalue weighted by molar-refractivity contribution is 5.28. The summed E-state index contributed by atoms with van der Waals surface area (Å²) in [5.74, 6) is 0.424. The predicted octanol–water partition coefficient (Wildman–Crippen LogP) is 2.94. The molecule has 0 amide bonds. The number of methoxy groups -OCH3 is 1. The van der Waals surface area contributed by atoms with Gasteiger partial charge in [-0.3, -0.25) is 4.90 Å². The Hall–Kier alpha value is -1.13. The molecule has 0 unspecified atom stereocenters. The number of halogens is 1. The minimum absolute atomic E-state index is 0.160. The van der Waals surface area contributed by atoms with Crippen molar-refractivity contribution < 1.29 is 9.13 Å². The zero-order valence-electron chi connectivity index (χ0n) is 12.8. The fourth-order valence-corrected chi connectivity index (χ4v) is 3.76. The van der Waals surface area contributed by atoms with E-state index in [1.165, 1.54) is 31.7 Å². The molecule has 1 saturated carbocycles. The number of nitrogens with zero attached hydrogens (tertiary/aromatic N) is 1. The monoisotopic (exact) mass is 292 g/mol. The molecule has 1 aliphatic heterocycles. The third kappa shape index (κ3) is 3.38. The molecule has 1 aromatic carbocycles. The molecule has 2 aliphatic rings. The molecule has 0 atom stereocenters. The Balaban J connectivity index is 1.71. The molecule has 0 radical (unpaired) electrons. The second-order valence-electron chi connectivity index (χ2n) is 6.44. The summed E-state index contributed by atoms with van der Waals surface area (Å²) >= 11 is 0. The van der Waals surface area contributed by atoms with Gasteiger partial charge in [-0.15, -0.1) is 0 Å². The molecule has 3 nitrogen and oxygen atoms in total. The van der Waals surface area contributed by atoms with Gasteiger partial charge in [0.05, 0.1) is 7.11 Å². The fraction of sp³-hybridized carbons (Fsp3) is 0.647. The van der Waals surface area contributed by atoms with Crippen molar-refractivity contribution in [3.63, 3.8) is 0 Å². The molecule has 1 heterocycles. The lowest BCUT2D eigenvalue weighted by molar-refractivity contribution is 0.201. The third-order valence-corrected chi connectivity index (χ3v) is 4.89. The molecule has 0 bridgehead atoms. The number of benzene rings is 1. The maximum absolute atomic E-state index is 14.1. The predicted molar refractivity (Wildman–Crippen MR) is 82.0 cm³/mol. The van der Waals surface area contributed by atoms with Crippen LogP contribution < -0.4 is 10.1 Å². The average Bonchev–Trinajstić information content (AvgIpc) is 2.84. The highest BCUT2D eigenvalue weighted by Gasteiger charge is 2.36. The maximum atomic E-state index is 14.1. The van der Waals surface area contributed by atoms with Gasteiger partial charge in [-0.25, -0.2) is 4.39 Å². The van der Waals surface area contributed by atoms with Crippen LogP contribution in [0.3, 0.4) is 0 Å². The second kappa shape index (κ2) is 6.32. The summed E-state index contributed by atoms with van der Waals surface area (Å²) in [6.45, 7) is 3.86. The minimum Gasteiger partial charge on any atom is -0.497 e. The van der Waals surface area contributed by atoms with Gasteiger partial charge >= 0.3 is 0 Å². The first-order valence-electron chi connectivity index (χ1n) is 8.01. The van der Waals surface area contributed by atoms with Crippen LogP contribution in [0.4, 0.5) is 4.39 Å². The topological polar surface area (TPSA) is 24.5 Å². The number of hydrogen-bond acceptors (Lipinski definition) is 3. The Kier molecular flexibility index (Phi) is 4.45. The molecule has 1 spiro atoms. The molecular formula is C17H25FN2O. The van der Waals surface area contributed by atoms with Gasteiger partial charge in [-0.1, -0.05) is 18.9 Å². The molecule has 1 aliphatic carbocycles. The molecule has 1 saturated heterocycles. The lowest BCUT2D eigenvalue weighted by Gasteiger charge is -2.33. The Morgan fingerprint density at radius 2 is 2.10 bits per heavy atom. The van der Waals surface area contributed by atoms with Crippen molar-refractivity contribution in [2.75, 3.05) is 26.7 Å². The van der Waals surface area contributed by atoms with Gasteiger partial charge in [-0.05, 0) is 38.4 Å². The molecule has 2 fully saturated rings. The summed E-state index contributed by atoms with van der Waals surface area (Å²) in [5, 5.41) is 3.75. The van der Waals surface area contributed by atoms with E-state index in [-0.39, 0.29) is 11.4 Å². The second-order valence-corrected chi connectivity index (χ2v) is 6.44. The highest BCUT2D eigenvalue weighted by atomic mass is 19.1. The Morgan fingerprint density at radius 1 is 1.29 bits per heavy atom. The molecular weight excluding hydrogens is 267 g/mol. The molecule has 0 aromatic heterocycles. The lowest BCUT2D eigenvalue weighted by atomic mass is 9.97. The van der Waals surface area contributed by atoms with E-state index in [9.17, 15) is 4.39 Å². The first kappa shape index (κ1) is 14.8. The van der Waals surface area contributed by atoms with Gasteiger partial charge < -0.3 is 10.1 Å². The van der Waals surface area contributed by atoms with Gasteiger partial charge in [0.1, 0.15) is 11.6 Å². The average molecular weight is 292 g/mol. The highest BCUT2D eigenvalue weighted by Crippen LogP contribution is 2.32. The van der Waals surface area contributed by atoms with E-state index < -0.39 is 0 Å². The lowest BCUT2D eigenvalue weighted by Crippen LogP contribution is -2.49. The van der Waals surface area contributed by atoms with Crippen LogP contribution in [0, 0.1) is 5.82 Å². The summed E-state index contributed by atoms with van der Waals surface area (Å²) in [6, 6.07) is 5.18. The zero-order valence-corrected chi connectivity index (χ0v) is 12.8. The summed E-state index contributed by atoms with van der Waals surface area (Å²) < 4.78 is 19.2. The smallest absolute Gasteiger partial charge is 0.131 e. The van der Waals surface area contributed by atoms with Crippen molar-refractivity contribution in [2.24, 2.45) is 0 Å². The first-order valence-corrected chi connectivity index (χ1v) is 8.01. The maximum Gasteiger partial charge on any atom is 0.131 e. The summed E-state index contributed by atoms with van der Waals surface area (Å²) in [4.78, 5) is 2.41. The molecule has 4 heteroatoms. The number of rotatable bonds is 3. The molecule has 1 aromatic rings. The quantitative estimate of drug-likeness (QED) is 0.927. The van der Waals surface area contributed by atoms with Crippen molar-refractivity contribution >= 4 is 0 Å². The van der Waals surface area contributed by atoms with Crippen LogP contribution in [0.1, 0.15) is 37.7 Å². The van der Waals surface area contributed by atoms with E-state index >= 15 is 0 Å². The number of nitrogens with one attached hydrogen (secondary N) is 1. The Labute approximate surface area is 126 Å². The van der Waals surface area contributed by atoms with E-state index in [4.69, 9.17) is 4.74 Å². The van der Waals surface area contributed by atoms with Crippen molar-refractivity contribution in [3.8, 4) is 5.75 Å². The standard InChI is InChI=1S/C17H25FN2O/c1-21-15-6-5-14(16(18)11-15)12-20-10-4-9-19-17(13-20)7-2-3-8-17/h5-6,11,19H,2-4,7-10,12-13H2,1H3. The van der Waals surface area contributed by atoms with E-state index in [0.717, 1.165) is 31.6 Å². The molecule has 3 rings (SSSR count). The Bertz CT molecular complexity index is 486. The summed E-state index contributed by atoms with van der Waals surface area (Å²) in [7, 11) is 1.57. The summed E-state index contributed by atoms with van der Waals surface area (Å²) in [6.07, 6.45) is 6.29. The largest absolute Gasteiger partial charge is 0.497 e. The minimum atomic E-state index is -0.160. The van der Waals surface area contributed by atoms with E-state index in [1.54, 1.807) is 7.11 Å². The summed E-state index contributed by atoms with van der Waals surface area (Å²) in [5.41, 5.74) is 1.05.